The fourth-order valence-corrected chi connectivity index (χ4v) is 2.08. The van der Waals surface area contributed by atoms with Crippen LogP contribution in [-0.2, 0) is 0 Å². The van der Waals surface area contributed by atoms with Gasteiger partial charge in [-0.3, -0.25) is 9.78 Å². The molecule has 0 bridgehead atoms. The highest BCUT2D eigenvalue weighted by molar-refractivity contribution is 6.00. The van der Waals surface area contributed by atoms with Gasteiger partial charge in [0.1, 0.15) is 0 Å². The summed E-state index contributed by atoms with van der Waals surface area (Å²) in [5, 5.41) is 4.18. The molecule has 108 valence electrons. The molecule has 0 saturated carbocycles. The third kappa shape index (κ3) is 2.80. The fourth-order valence-electron chi connectivity index (χ4n) is 2.08. The van der Waals surface area contributed by atoms with Gasteiger partial charge < -0.3 is 10.6 Å². The van der Waals surface area contributed by atoms with Crippen molar-refractivity contribution in [1.29, 1.82) is 0 Å². The third-order valence-electron chi connectivity index (χ3n) is 3.40. The SMILES string of the molecule is CCN(CC(C)(C)CN)C(=O)c1cnn2ccncc12. The predicted molar refractivity (Wildman–Crippen MR) is 77.4 cm³/mol. The second kappa shape index (κ2) is 5.58. The highest BCUT2D eigenvalue weighted by atomic mass is 16.2. The van der Waals surface area contributed by atoms with Crippen molar-refractivity contribution in [3.05, 3.63) is 30.4 Å². The zero-order valence-corrected chi connectivity index (χ0v) is 12.2. The summed E-state index contributed by atoms with van der Waals surface area (Å²) in [6.07, 6.45) is 6.62. The van der Waals surface area contributed by atoms with Crippen LogP contribution in [0.25, 0.3) is 5.52 Å². The number of fused-ring (bicyclic) bond motifs is 1. The summed E-state index contributed by atoms with van der Waals surface area (Å²) in [6.45, 7) is 7.87. The summed E-state index contributed by atoms with van der Waals surface area (Å²) in [4.78, 5) is 18.5. The molecule has 0 aliphatic rings. The third-order valence-corrected chi connectivity index (χ3v) is 3.40. The molecule has 2 aromatic rings. The van der Waals surface area contributed by atoms with Gasteiger partial charge in [-0.15, -0.1) is 0 Å². The molecule has 2 rings (SSSR count). The summed E-state index contributed by atoms with van der Waals surface area (Å²) in [6, 6.07) is 0. The Labute approximate surface area is 118 Å². The van der Waals surface area contributed by atoms with E-state index in [1.54, 1.807) is 34.2 Å². The van der Waals surface area contributed by atoms with Crippen LogP contribution in [0, 0.1) is 5.41 Å². The van der Waals surface area contributed by atoms with E-state index in [4.69, 9.17) is 5.73 Å². The summed E-state index contributed by atoms with van der Waals surface area (Å²) < 4.78 is 1.65. The monoisotopic (exact) mass is 275 g/mol. The number of hydrogen-bond acceptors (Lipinski definition) is 4. The Morgan fingerprint density at radius 2 is 2.20 bits per heavy atom. The van der Waals surface area contributed by atoms with Crippen LogP contribution in [0.15, 0.2) is 24.8 Å². The van der Waals surface area contributed by atoms with Crippen molar-refractivity contribution in [3.63, 3.8) is 0 Å². The lowest BCUT2D eigenvalue weighted by Gasteiger charge is -2.30. The first kappa shape index (κ1) is 14.5. The van der Waals surface area contributed by atoms with Crippen molar-refractivity contribution in [3.8, 4) is 0 Å². The topological polar surface area (TPSA) is 76.5 Å². The lowest BCUT2D eigenvalue weighted by atomic mass is 9.93. The summed E-state index contributed by atoms with van der Waals surface area (Å²) >= 11 is 0. The van der Waals surface area contributed by atoms with Crippen LogP contribution in [0.1, 0.15) is 31.1 Å². The maximum Gasteiger partial charge on any atom is 0.257 e. The van der Waals surface area contributed by atoms with Crippen LogP contribution in [0.4, 0.5) is 0 Å². The molecule has 2 heterocycles. The Kier molecular flexibility index (Phi) is 4.04. The first-order valence-corrected chi connectivity index (χ1v) is 6.75. The molecular formula is C14H21N5O. The largest absolute Gasteiger partial charge is 0.338 e. The number of rotatable bonds is 5. The van der Waals surface area contributed by atoms with Crippen LogP contribution in [-0.4, -0.2) is 45.0 Å². The second-order valence-corrected chi connectivity index (χ2v) is 5.65. The summed E-state index contributed by atoms with van der Waals surface area (Å²) in [5.41, 5.74) is 6.95. The Bertz CT molecular complexity index is 604. The highest BCUT2D eigenvalue weighted by Gasteiger charge is 2.25. The number of amides is 1. The van der Waals surface area contributed by atoms with Gasteiger partial charge in [0, 0.05) is 25.5 Å². The summed E-state index contributed by atoms with van der Waals surface area (Å²) in [5.74, 6) is -0.0305. The lowest BCUT2D eigenvalue weighted by molar-refractivity contribution is 0.0703. The van der Waals surface area contributed by atoms with Crippen molar-refractivity contribution < 1.29 is 4.79 Å². The average Bonchev–Trinajstić information content (AvgIpc) is 2.88. The van der Waals surface area contributed by atoms with Crippen molar-refractivity contribution in [2.75, 3.05) is 19.6 Å². The summed E-state index contributed by atoms with van der Waals surface area (Å²) in [7, 11) is 0. The predicted octanol–water partition coefficient (Wildman–Crippen LogP) is 1.18. The van der Waals surface area contributed by atoms with Gasteiger partial charge in [-0.05, 0) is 18.9 Å². The molecule has 0 aliphatic carbocycles. The second-order valence-electron chi connectivity index (χ2n) is 5.65. The lowest BCUT2D eigenvalue weighted by Crippen LogP contribution is -2.41. The van der Waals surface area contributed by atoms with E-state index >= 15 is 0 Å². The van der Waals surface area contributed by atoms with E-state index in [-0.39, 0.29) is 11.3 Å². The first-order chi connectivity index (χ1) is 9.48. The molecule has 0 unspecified atom stereocenters. The highest BCUT2D eigenvalue weighted by Crippen LogP contribution is 2.18. The smallest absolute Gasteiger partial charge is 0.257 e. The molecule has 0 fully saturated rings. The zero-order valence-electron chi connectivity index (χ0n) is 12.2. The number of nitrogens with two attached hydrogens (primary N) is 1. The molecule has 20 heavy (non-hydrogen) atoms. The Balaban J connectivity index is 2.29. The molecule has 0 saturated heterocycles. The Hall–Kier alpha value is -1.95. The van der Waals surface area contributed by atoms with Crippen molar-refractivity contribution in [1.82, 2.24) is 19.5 Å². The van der Waals surface area contributed by atoms with E-state index in [1.807, 2.05) is 6.92 Å². The maximum absolute atomic E-state index is 12.6. The maximum atomic E-state index is 12.6. The number of carbonyl (C=O) groups excluding carboxylic acids is 1. The molecular weight excluding hydrogens is 254 g/mol. The minimum absolute atomic E-state index is 0.0305. The molecule has 6 heteroatoms. The molecule has 0 spiro atoms. The fraction of sp³-hybridized carbons (Fsp3) is 0.500. The molecule has 0 radical (unpaired) electrons. The molecule has 0 aromatic carbocycles. The number of nitrogens with zero attached hydrogens (tertiary/aromatic N) is 4. The number of carbonyl (C=O) groups is 1. The van der Waals surface area contributed by atoms with Crippen LogP contribution in [0.3, 0.4) is 0 Å². The van der Waals surface area contributed by atoms with Gasteiger partial charge in [0.2, 0.25) is 0 Å². The van der Waals surface area contributed by atoms with Crippen LogP contribution in [0.2, 0.25) is 0 Å². The van der Waals surface area contributed by atoms with Crippen molar-refractivity contribution in [2.45, 2.75) is 20.8 Å². The van der Waals surface area contributed by atoms with E-state index < -0.39 is 0 Å². The minimum atomic E-state index is -0.104. The number of aromatic nitrogens is 3. The van der Waals surface area contributed by atoms with Gasteiger partial charge >= 0.3 is 0 Å². The van der Waals surface area contributed by atoms with E-state index in [1.165, 1.54) is 0 Å². The first-order valence-electron chi connectivity index (χ1n) is 6.75. The molecule has 0 atom stereocenters. The zero-order chi connectivity index (χ0) is 14.8. The molecule has 0 aliphatic heterocycles. The Morgan fingerprint density at radius 1 is 1.45 bits per heavy atom. The molecule has 6 nitrogen and oxygen atoms in total. The molecule has 2 N–H and O–H groups in total. The van der Waals surface area contributed by atoms with Gasteiger partial charge in [0.05, 0.1) is 23.5 Å². The van der Waals surface area contributed by atoms with Gasteiger partial charge in [0.15, 0.2) is 0 Å². The van der Waals surface area contributed by atoms with E-state index in [0.717, 1.165) is 5.52 Å². The van der Waals surface area contributed by atoms with Crippen LogP contribution in [0.5, 0.6) is 0 Å². The van der Waals surface area contributed by atoms with Gasteiger partial charge in [0.25, 0.3) is 5.91 Å². The van der Waals surface area contributed by atoms with Gasteiger partial charge in [-0.1, -0.05) is 13.8 Å². The van der Waals surface area contributed by atoms with Crippen LogP contribution >= 0.6 is 0 Å². The minimum Gasteiger partial charge on any atom is -0.338 e. The standard InChI is InChI=1S/C14H21N5O/c1-4-18(10-14(2,3)9-15)13(20)11-7-17-19-6-5-16-8-12(11)19/h5-8H,4,9-10,15H2,1-3H3. The average molecular weight is 275 g/mol. The normalized spacial score (nSPS) is 11.8. The van der Waals surface area contributed by atoms with Crippen molar-refractivity contribution in [2.24, 2.45) is 11.1 Å². The Morgan fingerprint density at radius 3 is 2.85 bits per heavy atom. The van der Waals surface area contributed by atoms with Crippen LogP contribution < -0.4 is 5.73 Å². The molecule has 1 amide bonds. The quantitative estimate of drug-likeness (QED) is 0.889. The van der Waals surface area contributed by atoms with E-state index in [9.17, 15) is 4.79 Å². The van der Waals surface area contributed by atoms with E-state index in [0.29, 0.717) is 25.2 Å². The van der Waals surface area contributed by atoms with Gasteiger partial charge in [-0.25, -0.2) is 4.52 Å². The van der Waals surface area contributed by atoms with Gasteiger partial charge in [-0.2, -0.15) is 5.10 Å². The van der Waals surface area contributed by atoms with Crippen molar-refractivity contribution >= 4 is 11.4 Å². The van der Waals surface area contributed by atoms with E-state index in [2.05, 4.69) is 23.9 Å². The number of hydrogen-bond donors (Lipinski definition) is 1. The molecule has 2 aromatic heterocycles.